The van der Waals surface area contributed by atoms with Crippen molar-refractivity contribution in [3.8, 4) is 0 Å². The Kier molecular flexibility index (Phi) is 7.71. The standard InChI is InChI=1S/C20H21N3O5/c21-19(26)16(11-18(25)28-13-14-7-3-1-4-8-14)23-17(24)12-22-20(27)15-9-5-2-6-10-15/h1-10,16H,11-13H2,(H2,21,26)(H,22,27)(H,23,24)/t16-/m1/s1. The van der Waals surface area contributed by atoms with Gasteiger partial charge in [-0.05, 0) is 17.7 Å². The molecule has 0 spiro atoms. The normalized spacial score (nSPS) is 11.1. The van der Waals surface area contributed by atoms with E-state index in [1.807, 2.05) is 6.07 Å². The highest BCUT2D eigenvalue weighted by Gasteiger charge is 2.22. The van der Waals surface area contributed by atoms with Gasteiger partial charge < -0.3 is 21.1 Å². The van der Waals surface area contributed by atoms with Gasteiger partial charge in [0, 0.05) is 5.56 Å². The zero-order valence-corrected chi connectivity index (χ0v) is 15.1. The fraction of sp³-hybridized carbons (Fsp3) is 0.200. The van der Waals surface area contributed by atoms with Crippen molar-refractivity contribution in [3.63, 3.8) is 0 Å². The lowest BCUT2D eigenvalue weighted by Gasteiger charge is -2.15. The van der Waals surface area contributed by atoms with Crippen LogP contribution < -0.4 is 16.4 Å². The fourth-order valence-corrected chi connectivity index (χ4v) is 2.28. The number of rotatable bonds is 9. The molecule has 0 radical (unpaired) electrons. The van der Waals surface area contributed by atoms with E-state index in [1.54, 1.807) is 54.6 Å². The average molecular weight is 383 g/mol. The topological polar surface area (TPSA) is 128 Å². The van der Waals surface area contributed by atoms with Crippen molar-refractivity contribution in [1.82, 2.24) is 10.6 Å². The van der Waals surface area contributed by atoms with E-state index in [4.69, 9.17) is 10.5 Å². The molecule has 0 bridgehead atoms. The maximum atomic E-state index is 12.0. The van der Waals surface area contributed by atoms with Crippen LogP contribution in [0.5, 0.6) is 0 Å². The van der Waals surface area contributed by atoms with Crippen molar-refractivity contribution in [2.45, 2.75) is 19.1 Å². The van der Waals surface area contributed by atoms with E-state index in [1.165, 1.54) is 0 Å². The molecule has 28 heavy (non-hydrogen) atoms. The van der Waals surface area contributed by atoms with Crippen LogP contribution in [0.25, 0.3) is 0 Å². The molecule has 0 fully saturated rings. The van der Waals surface area contributed by atoms with Gasteiger partial charge in [-0.2, -0.15) is 0 Å². The van der Waals surface area contributed by atoms with Crippen LogP contribution in [0.15, 0.2) is 60.7 Å². The molecule has 4 N–H and O–H groups in total. The number of nitrogens with one attached hydrogen (secondary N) is 2. The van der Waals surface area contributed by atoms with E-state index in [-0.39, 0.29) is 13.2 Å². The Hall–Kier alpha value is -3.68. The first kappa shape index (κ1) is 20.6. The van der Waals surface area contributed by atoms with Gasteiger partial charge >= 0.3 is 5.97 Å². The number of nitrogens with two attached hydrogens (primary N) is 1. The van der Waals surface area contributed by atoms with Crippen molar-refractivity contribution in [3.05, 3.63) is 71.8 Å². The summed E-state index contributed by atoms with van der Waals surface area (Å²) in [6.07, 6.45) is -0.402. The molecular formula is C20H21N3O5. The molecule has 2 rings (SSSR count). The molecule has 0 saturated carbocycles. The molecule has 0 aliphatic heterocycles. The van der Waals surface area contributed by atoms with E-state index in [0.29, 0.717) is 5.56 Å². The third-order valence-electron chi connectivity index (χ3n) is 3.74. The minimum absolute atomic E-state index is 0.0479. The number of amides is 3. The Morgan fingerprint density at radius 2 is 1.54 bits per heavy atom. The van der Waals surface area contributed by atoms with Crippen LogP contribution in [0, 0.1) is 0 Å². The van der Waals surface area contributed by atoms with E-state index < -0.39 is 36.2 Å². The molecule has 1 atom stereocenters. The van der Waals surface area contributed by atoms with Crippen LogP contribution >= 0.6 is 0 Å². The Morgan fingerprint density at radius 3 is 2.14 bits per heavy atom. The van der Waals surface area contributed by atoms with E-state index in [2.05, 4.69) is 10.6 Å². The van der Waals surface area contributed by atoms with Gasteiger partial charge in [-0.3, -0.25) is 19.2 Å². The van der Waals surface area contributed by atoms with Crippen LogP contribution in [0.3, 0.4) is 0 Å². The number of esters is 1. The first-order valence-electron chi connectivity index (χ1n) is 8.57. The van der Waals surface area contributed by atoms with E-state index in [0.717, 1.165) is 5.56 Å². The third kappa shape index (κ3) is 6.91. The molecule has 0 aliphatic carbocycles. The Bertz CT molecular complexity index is 824. The van der Waals surface area contributed by atoms with Crippen LogP contribution in [0.4, 0.5) is 0 Å². The molecule has 8 heteroatoms. The summed E-state index contributed by atoms with van der Waals surface area (Å²) in [5.41, 5.74) is 6.42. The second-order valence-corrected chi connectivity index (χ2v) is 5.92. The quantitative estimate of drug-likeness (QED) is 0.544. The van der Waals surface area contributed by atoms with E-state index in [9.17, 15) is 19.2 Å². The molecule has 0 heterocycles. The number of carbonyl (C=O) groups is 4. The SMILES string of the molecule is NC(=O)[C@@H](CC(=O)OCc1ccccc1)NC(=O)CNC(=O)c1ccccc1. The number of carbonyl (C=O) groups excluding carboxylic acids is 4. The highest BCUT2D eigenvalue weighted by molar-refractivity contribution is 5.97. The highest BCUT2D eigenvalue weighted by Crippen LogP contribution is 2.03. The highest BCUT2D eigenvalue weighted by atomic mass is 16.5. The Balaban J connectivity index is 1.79. The van der Waals surface area contributed by atoms with Gasteiger partial charge in [-0.15, -0.1) is 0 Å². The van der Waals surface area contributed by atoms with Gasteiger partial charge in [-0.1, -0.05) is 48.5 Å². The lowest BCUT2D eigenvalue weighted by molar-refractivity contribution is -0.147. The van der Waals surface area contributed by atoms with Crippen LogP contribution in [-0.2, 0) is 25.7 Å². The number of ether oxygens (including phenoxy) is 1. The minimum Gasteiger partial charge on any atom is -0.461 e. The third-order valence-corrected chi connectivity index (χ3v) is 3.74. The Labute approximate surface area is 162 Å². The van der Waals surface area contributed by atoms with Crippen molar-refractivity contribution in [2.24, 2.45) is 5.73 Å². The smallest absolute Gasteiger partial charge is 0.308 e. The molecule has 0 saturated heterocycles. The second-order valence-electron chi connectivity index (χ2n) is 5.92. The van der Waals surface area contributed by atoms with Gasteiger partial charge in [0.2, 0.25) is 11.8 Å². The number of primary amides is 1. The van der Waals surface area contributed by atoms with Gasteiger partial charge in [-0.25, -0.2) is 0 Å². The molecule has 2 aromatic carbocycles. The fourth-order valence-electron chi connectivity index (χ4n) is 2.28. The zero-order valence-electron chi connectivity index (χ0n) is 15.1. The van der Waals surface area contributed by atoms with Gasteiger partial charge in [0.25, 0.3) is 5.91 Å². The largest absolute Gasteiger partial charge is 0.461 e. The monoisotopic (exact) mass is 383 g/mol. The molecule has 0 unspecified atom stereocenters. The van der Waals surface area contributed by atoms with Crippen LogP contribution in [0.1, 0.15) is 22.3 Å². The average Bonchev–Trinajstić information content (AvgIpc) is 2.71. The van der Waals surface area contributed by atoms with Crippen molar-refractivity contribution < 1.29 is 23.9 Å². The molecule has 3 amide bonds. The number of hydrogen-bond donors (Lipinski definition) is 3. The molecule has 2 aromatic rings. The van der Waals surface area contributed by atoms with Gasteiger partial charge in [0.05, 0.1) is 13.0 Å². The maximum Gasteiger partial charge on any atom is 0.308 e. The summed E-state index contributed by atoms with van der Waals surface area (Å²) in [5.74, 6) is -2.64. The molecule has 0 aliphatic rings. The van der Waals surface area contributed by atoms with E-state index >= 15 is 0 Å². The second kappa shape index (κ2) is 10.5. The summed E-state index contributed by atoms with van der Waals surface area (Å²) in [6, 6.07) is 16.1. The number of hydrogen-bond acceptors (Lipinski definition) is 5. The van der Waals surface area contributed by atoms with Crippen molar-refractivity contribution in [1.29, 1.82) is 0 Å². The summed E-state index contributed by atoms with van der Waals surface area (Å²) in [6.45, 7) is -0.317. The van der Waals surface area contributed by atoms with Crippen LogP contribution in [-0.4, -0.2) is 36.3 Å². The summed E-state index contributed by atoms with van der Waals surface area (Å²) < 4.78 is 5.08. The Morgan fingerprint density at radius 1 is 0.929 bits per heavy atom. The van der Waals surface area contributed by atoms with Crippen molar-refractivity contribution >= 4 is 23.7 Å². The van der Waals surface area contributed by atoms with Crippen molar-refractivity contribution in [2.75, 3.05) is 6.54 Å². The maximum absolute atomic E-state index is 12.0. The first-order chi connectivity index (χ1) is 13.5. The summed E-state index contributed by atoms with van der Waals surface area (Å²) in [5, 5.41) is 4.75. The summed E-state index contributed by atoms with van der Waals surface area (Å²) in [7, 11) is 0. The zero-order chi connectivity index (χ0) is 20.4. The summed E-state index contributed by atoms with van der Waals surface area (Å²) in [4.78, 5) is 47.3. The predicted octanol–water partition coefficient (Wildman–Crippen LogP) is 0.520. The lowest BCUT2D eigenvalue weighted by atomic mass is 10.2. The predicted molar refractivity (Wildman–Crippen MR) is 101 cm³/mol. The van der Waals surface area contributed by atoms with Gasteiger partial charge in [0.1, 0.15) is 12.6 Å². The van der Waals surface area contributed by atoms with Crippen LogP contribution in [0.2, 0.25) is 0 Å². The molecule has 146 valence electrons. The molecular weight excluding hydrogens is 362 g/mol. The number of benzene rings is 2. The minimum atomic E-state index is -1.23. The van der Waals surface area contributed by atoms with Gasteiger partial charge in [0.15, 0.2) is 0 Å². The summed E-state index contributed by atoms with van der Waals surface area (Å²) >= 11 is 0. The first-order valence-corrected chi connectivity index (χ1v) is 8.57. The molecule has 0 aromatic heterocycles. The lowest BCUT2D eigenvalue weighted by Crippen LogP contribution is -2.49. The molecule has 8 nitrogen and oxygen atoms in total.